The first-order valence-corrected chi connectivity index (χ1v) is 8.36. The van der Waals surface area contributed by atoms with E-state index in [4.69, 9.17) is 9.47 Å². The number of benzene rings is 1. The summed E-state index contributed by atoms with van der Waals surface area (Å²) >= 11 is 0. The van der Waals surface area contributed by atoms with E-state index in [-0.39, 0.29) is 26.4 Å². The zero-order valence-electron chi connectivity index (χ0n) is 14.5. The average molecular weight is 356 g/mol. The van der Waals surface area contributed by atoms with Crippen LogP contribution in [0.1, 0.15) is 18.9 Å². The molecule has 1 fully saturated rings. The molecule has 1 aromatic heterocycles. The normalized spacial score (nSPS) is 19.8. The van der Waals surface area contributed by atoms with Crippen LogP contribution >= 0.6 is 0 Å². The van der Waals surface area contributed by atoms with Crippen LogP contribution in [0.3, 0.4) is 0 Å². The minimum atomic E-state index is -1.70. The van der Waals surface area contributed by atoms with Gasteiger partial charge < -0.3 is 14.0 Å². The lowest BCUT2D eigenvalue weighted by Gasteiger charge is -2.26. The van der Waals surface area contributed by atoms with Gasteiger partial charge in [0.1, 0.15) is 6.73 Å². The van der Waals surface area contributed by atoms with Crippen molar-refractivity contribution in [2.45, 2.75) is 25.5 Å². The maximum absolute atomic E-state index is 13.0. The molecule has 136 valence electrons. The molecule has 2 amide bonds. The molecule has 1 aromatic carbocycles. The van der Waals surface area contributed by atoms with Gasteiger partial charge in [-0.05, 0) is 24.6 Å². The number of carbonyl (C=O) groups excluding carboxylic acids is 3. The van der Waals surface area contributed by atoms with Crippen LogP contribution in [0.2, 0.25) is 0 Å². The summed E-state index contributed by atoms with van der Waals surface area (Å²) < 4.78 is 12.0. The Hall–Kier alpha value is -2.93. The highest BCUT2D eigenvalue weighted by molar-refractivity contribution is 6.17. The number of esters is 1. The summed E-state index contributed by atoms with van der Waals surface area (Å²) in [6, 6.07) is 12.8. The third kappa shape index (κ3) is 3.13. The van der Waals surface area contributed by atoms with Crippen LogP contribution in [-0.2, 0) is 36.0 Å². The van der Waals surface area contributed by atoms with Gasteiger partial charge in [0.15, 0.2) is 0 Å². The van der Waals surface area contributed by atoms with Crippen LogP contribution in [0.15, 0.2) is 54.9 Å². The Morgan fingerprint density at radius 2 is 1.81 bits per heavy atom. The van der Waals surface area contributed by atoms with E-state index in [2.05, 4.69) is 0 Å². The molecule has 2 heterocycles. The highest BCUT2D eigenvalue weighted by Gasteiger charge is 2.59. The van der Waals surface area contributed by atoms with Gasteiger partial charge in [0.25, 0.3) is 5.91 Å². The molecule has 0 spiro atoms. The molecule has 0 saturated carbocycles. The molecular formula is C19H20N2O5. The molecule has 0 radical (unpaired) electrons. The number of hydrogen-bond acceptors (Lipinski definition) is 5. The molecule has 2 aromatic rings. The Morgan fingerprint density at radius 1 is 1.12 bits per heavy atom. The lowest BCUT2D eigenvalue weighted by Crippen LogP contribution is -2.49. The lowest BCUT2D eigenvalue weighted by atomic mass is 9.97. The molecule has 1 saturated heterocycles. The number of imide groups is 1. The van der Waals surface area contributed by atoms with Crippen LogP contribution < -0.4 is 0 Å². The van der Waals surface area contributed by atoms with Gasteiger partial charge >= 0.3 is 5.97 Å². The van der Waals surface area contributed by atoms with E-state index in [1.165, 1.54) is 4.57 Å². The number of rotatable bonds is 7. The summed E-state index contributed by atoms with van der Waals surface area (Å²) in [5.41, 5.74) is -0.777. The van der Waals surface area contributed by atoms with Crippen molar-refractivity contribution in [1.29, 1.82) is 0 Å². The predicted molar refractivity (Wildman–Crippen MR) is 91.6 cm³/mol. The van der Waals surface area contributed by atoms with Crippen molar-refractivity contribution < 1.29 is 23.9 Å². The molecule has 1 aliphatic rings. The fraction of sp³-hybridized carbons (Fsp3) is 0.316. The molecule has 1 atom stereocenters. The molecule has 26 heavy (non-hydrogen) atoms. The number of nitrogens with zero attached hydrogens (tertiary/aromatic N) is 2. The van der Waals surface area contributed by atoms with E-state index >= 15 is 0 Å². The van der Waals surface area contributed by atoms with Crippen LogP contribution in [-0.4, -0.2) is 40.6 Å². The standard InChI is InChI=1S/C19H20N2O5/c1-2-26-18(24)19(20-10-6-7-11-20)12-16(22)21(17(19)23)14-25-13-15-8-4-3-5-9-15/h3-11H,2,12-14H2,1H3. The van der Waals surface area contributed by atoms with E-state index in [1.54, 1.807) is 31.5 Å². The summed E-state index contributed by atoms with van der Waals surface area (Å²) in [4.78, 5) is 39.0. The van der Waals surface area contributed by atoms with Gasteiger partial charge in [-0.1, -0.05) is 30.3 Å². The maximum atomic E-state index is 13.0. The second kappa shape index (κ2) is 7.53. The zero-order chi connectivity index (χ0) is 18.6. The van der Waals surface area contributed by atoms with Crippen molar-refractivity contribution in [1.82, 2.24) is 9.47 Å². The molecule has 0 N–H and O–H groups in total. The second-order valence-corrected chi connectivity index (χ2v) is 5.94. The fourth-order valence-electron chi connectivity index (χ4n) is 2.99. The van der Waals surface area contributed by atoms with Crippen LogP contribution in [0, 0.1) is 0 Å². The first-order chi connectivity index (χ1) is 12.6. The van der Waals surface area contributed by atoms with Crippen molar-refractivity contribution in [3.05, 3.63) is 60.4 Å². The molecule has 0 aliphatic carbocycles. The molecule has 1 aliphatic heterocycles. The van der Waals surface area contributed by atoms with Crippen LogP contribution in [0.25, 0.3) is 0 Å². The van der Waals surface area contributed by atoms with Crippen molar-refractivity contribution in [3.63, 3.8) is 0 Å². The van der Waals surface area contributed by atoms with Crippen LogP contribution in [0.5, 0.6) is 0 Å². The highest BCUT2D eigenvalue weighted by Crippen LogP contribution is 2.33. The van der Waals surface area contributed by atoms with Crippen molar-refractivity contribution in [2.24, 2.45) is 0 Å². The Labute approximate surface area is 151 Å². The summed E-state index contributed by atoms with van der Waals surface area (Å²) in [6.07, 6.45) is 2.88. The average Bonchev–Trinajstić information content (AvgIpc) is 3.25. The molecular weight excluding hydrogens is 336 g/mol. The Morgan fingerprint density at radius 3 is 2.46 bits per heavy atom. The topological polar surface area (TPSA) is 77.8 Å². The van der Waals surface area contributed by atoms with E-state index < -0.39 is 23.3 Å². The third-order valence-electron chi connectivity index (χ3n) is 4.30. The Kier molecular flexibility index (Phi) is 5.18. The van der Waals surface area contributed by atoms with Gasteiger partial charge in [-0.3, -0.25) is 14.5 Å². The molecule has 0 bridgehead atoms. The minimum absolute atomic E-state index is 0.119. The van der Waals surface area contributed by atoms with E-state index in [0.29, 0.717) is 0 Å². The van der Waals surface area contributed by atoms with E-state index in [9.17, 15) is 14.4 Å². The van der Waals surface area contributed by atoms with Gasteiger partial charge in [0.05, 0.1) is 19.6 Å². The molecule has 3 rings (SSSR count). The van der Waals surface area contributed by atoms with Gasteiger partial charge in [0, 0.05) is 12.4 Å². The number of amides is 2. The summed E-state index contributed by atoms with van der Waals surface area (Å²) in [7, 11) is 0. The van der Waals surface area contributed by atoms with Crippen LogP contribution in [0.4, 0.5) is 0 Å². The first kappa shape index (κ1) is 17.9. The van der Waals surface area contributed by atoms with Gasteiger partial charge in [-0.2, -0.15) is 0 Å². The molecule has 7 heteroatoms. The maximum Gasteiger partial charge on any atom is 0.342 e. The molecule has 1 unspecified atom stereocenters. The minimum Gasteiger partial charge on any atom is -0.464 e. The first-order valence-electron chi connectivity index (χ1n) is 8.36. The quantitative estimate of drug-likeness (QED) is 0.428. The number of carbonyl (C=O) groups is 3. The summed E-state index contributed by atoms with van der Waals surface area (Å²) in [5.74, 6) is -1.84. The second-order valence-electron chi connectivity index (χ2n) is 5.94. The number of aromatic nitrogens is 1. The van der Waals surface area contributed by atoms with Gasteiger partial charge in [0.2, 0.25) is 11.4 Å². The largest absolute Gasteiger partial charge is 0.464 e. The number of hydrogen-bond donors (Lipinski definition) is 0. The van der Waals surface area contributed by atoms with Gasteiger partial charge in [-0.15, -0.1) is 0 Å². The van der Waals surface area contributed by atoms with Crippen molar-refractivity contribution in [3.8, 4) is 0 Å². The highest BCUT2D eigenvalue weighted by atomic mass is 16.5. The predicted octanol–water partition coefficient (Wildman–Crippen LogP) is 1.68. The van der Waals surface area contributed by atoms with E-state index in [0.717, 1.165) is 10.5 Å². The number of likely N-dealkylation sites (tertiary alicyclic amines) is 1. The van der Waals surface area contributed by atoms with Crippen molar-refractivity contribution in [2.75, 3.05) is 13.3 Å². The van der Waals surface area contributed by atoms with Gasteiger partial charge in [-0.25, -0.2) is 4.79 Å². The third-order valence-corrected chi connectivity index (χ3v) is 4.30. The summed E-state index contributed by atoms with van der Waals surface area (Å²) in [5, 5.41) is 0. The van der Waals surface area contributed by atoms with Crippen molar-refractivity contribution >= 4 is 17.8 Å². The lowest BCUT2D eigenvalue weighted by molar-refractivity contribution is -0.160. The molecule has 7 nitrogen and oxygen atoms in total. The monoisotopic (exact) mass is 356 g/mol. The Bertz CT molecular complexity index is 788. The number of ether oxygens (including phenoxy) is 2. The zero-order valence-corrected chi connectivity index (χ0v) is 14.5. The van der Waals surface area contributed by atoms with E-state index in [1.807, 2.05) is 30.3 Å². The SMILES string of the molecule is CCOC(=O)C1(n2cccc2)CC(=O)N(COCc2ccccc2)C1=O. The Balaban J connectivity index is 1.78. The summed E-state index contributed by atoms with van der Waals surface area (Å²) in [6.45, 7) is 1.82. The smallest absolute Gasteiger partial charge is 0.342 e. The fourth-order valence-corrected chi connectivity index (χ4v) is 2.99.